The summed E-state index contributed by atoms with van der Waals surface area (Å²) in [5.41, 5.74) is 5.47. The van der Waals surface area contributed by atoms with Crippen LogP contribution in [0.4, 0.5) is 0 Å². The normalized spacial score (nSPS) is 11.9. The van der Waals surface area contributed by atoms with Crippen LogP contribution in [0, 0.1) is 0 Å². The summed E-state index contributed by atoms with van der Waals surface area (Å²) < 4.78 is 0. The van der Waals surface area contributed by atoms with Crippen LogP contribution < -0.4 is 5.73 Å². The minimum atomic E-state index is 0.365. The lowest BCUT2D eigenvalue weighted by Crippen LogP contribution is -2.34. The largest absolute Gasteiger partial charge is 0.359 e. The van der Waals surface area contributed by atoms with Gasteiger partial charge in [0.2, 0.25) is 0 Å². The first-order chi connectivity index (χ1) is 5.57. The molecular weight excluding hydrogens is 150 g/mol. The number of nitrogens with two attached hydrogens (primary N) is 1. The third kappa shape index (κ3) is 5.13. The monoisotopic (exact) mass is 171 g/mol. The first-order valence-electron chi connectivity index (χ1n) is 4.57. The highest BCUT2D eigenvalue weighted by molar-refractivity contribution is 5.55. The molecule has 0 aliphatic carbocycles. The van der Waals surface area contributed by atoms with E-state index in [-0.39, 0.29) is 0 Å². The lowest BCUT2D eigenvalue weighted by molar-refractivity contribution is 0.366. The molecule has 3 nitrogen and oxygen atoms in total. The van der Waals surface area contributed by atoms with Crippen LogP contribution in [0.1, 0.15) is 27.7 Å². The van der Waals surface area contributed by atoms with E-state index in [0.29, 0.717) is 18.6 Å². The molecule has 0 aromatic carbocycles. The molecule has 0 saturated carbocycles. The summed E-state index contributed by atoms with van der Waals surface area (Å²) in [5.74, 6) is 0. The van der Waals surface area contributed by atoms with Crippen molar-refractivity contribution in [2.24, 2.45) is 10.7 Å². The van der Waals surface area contributed by atoms with Gasteiger partial charge in [-0.25, -0.2) is 0 Å². The molecule has 0 fully saturated rings. The SMILES string of the molecule is CC(C)N=CN(CCN)C(C)C. The molecule has 0 atom stereocenters. The van der Waals surface area contributed by atoms with Crippen LogP contribution in [0.15, 0.2) is 4.99 Å². The van der Waals surface area contributed by atoms with Gasteiger partial charge in [-0.1, -0.05) is 0 Å². The molecule has 0 aliphatic heterocycles. The Morgan fingerprint density at radius 2 is 1.92 bits per heavy atom. The van der Waals surface area contributed by atoms with E-state index in [1.807, 2.05) is 6.34 Å². The molecule has 0 unspecified atom stereocenters. The van der Waals surface area contributed by atoms with Crippen molar-refractivity contribution >= 4 is 6.34 Å². The summed E-state index contributed by atoms with van der Waals surface area (Å²) in [4.78, 5) is 6.46. The van der Waals surface area contributed by atoms with Gasteiger partial charge in [-0.2, -0.15) is 0 Å². The standard InChI is InChI=1S/C9H21N3/c1-8(2)11-7-12(6-5-10)9(3)4/h7-9H,5-6,10H2,1-4H3. The van der Waals surface area contributed by atoms with Crippen LogP contribution in [0.5, 0.6) is 0 Å². The molecule has 0 amide bonds. The maximum atomic E-state index is 5.47. The Balaban J connectivity index is 3.94. The van der Waals surface area contributed by atoms with Gasteiger partial charge in [0.05, 0.1) is 6.34 Å². The number of aliphatic imine (C=N–C) groups is 1. The van der Waals surface area contributed by atoms with E-state index >= 15 is 0 Å². The molecule has 0 spiro atoms. The predicted molar refractivity (Wildman–Crippen MR) is 54.5 cm³/mol. The van der Waals surface area contributed by atoms with Crippen LogP contribution >= 0.6 is 0 Å². The highest BCUT2D eigenvalue weighted by atomic mass is 15.2. The van der Waals surface area contributed by atoms with Crippen molar-refractivity contribution in [2.45, 2.75) is 39.8 Å². The summed E-state index contributed by atoms with van der Waals surface area (Å²) in [6.07, 6.45) is 1.90. The third-order valence-electron chi connectivity index (χ3n) is 1.56. The Labute approximate surface area is 75.7 Å². The number of hydrogen-bond acceptors (Lipinski definition) is 2. The zero-order valence-electron chi connectivity index (χ0n) is 8.62. The number of hydrogen-bond donors (Lipinski definition) is 1. The Hall–Kier alpha value is -0.570. The Morgan fingerprint density at radius 3 is 2.25 bits per heavy atom. The van der Waals surface area contributed by atoms with Crippen LogP contribution in [0.25, 0.3) is 0 Å². The predicted octanol–water partition coefficient (Wildman–Crippen LogP) is 1.09. The number of rotatable bonds is 5. The molecule has 0 aromatic heterocycles. The average molecular weight is 171 g/mol. The topological polar surface area (TPSA) is 41.6 Å². The van der Waals surface area contributed by atoms with Crippen LogP contribution in [-0.4, -0.2) is 36.4 Å². The third-order valence-corrected chi connectivity index (χ3v) is 1.56. The van der Waals surface area contributed by atoms with Gasteiger partial charge < -0.3 is 10.6 Å². The second kappa shape index (κ2) is 6.00. The minimum Gasteiger partial charge on any atom is -0.359 e. The highest BCUT2D eigenvalue weighted by Gasteiger charge is 2.02. The van der Waals surface area contributed by atoms with Crippen LogP contribution in [0.3, 0.4) is 0 Å². The van der Waals surface area contributed by atoms with E-state index in [0.717, 1.165) is 6.54 Å². The Morgan fingerprint density at radius 1 is 1.33 bits per heavy atom. The molecule has 3 heteroatoms. The maximum Gasteiger partial charge on any atom is 0.0855 e. The smallest absolute Gasteiger partial charge is 0.0855 e. The summed E-state index contributed by atoms with van der Waals surface area (Å²) in [5, 5.41) is 0. The quantitative estimate of drug-likeness (QED) is 0.497. The van der Waals surface area contributed by atoms with Crippen molar-refractivity contribution < 1.29 is 0 Å². The van der Waals surface area contributed by atoms with Crippen molar-refractivity contribution in [3.63, 3.8) is 0 Å². The van der Waals surface area contributed by atoms with Crippen molar-refractivity contribution in [2.75, 3.05) is 13.1 Å². The van der Waals surface area contributed by atoms with Gasteiger partial charge >= 0.3 is 0 Å². The lowest BCUT2D eigenvalue weighted by atomic mass is 10.3. The Kier molecular flexibility index (Phi) is 5.72. The molecular formula is C9H21N3. The molecule has 2 N–H and O–H groups in total. The summed E-state index contributed by atoms with van der Waals surface area (Å²) in [7, 11) is 0. The number of nitrogens with zero attached hydrogens (tertiary/aromatic N) is 2. The minimum absolute atomic E-state index is 0.365. The fourth-order valence-electron chi connectivity index (χ4n) is 0.817. The first kappa shape index (κ1) is 11.4. The maximum absolute atomic E-state index is 5.47. The van der Waals surface area contributed by atoms with Gasteiger partial charge in [0.15, 0.2) is 0 Å². The van der Waals surface area contributed by atoms with Crippen LogP contribution in [-0.2, 0) is 0 Å². The molecule has 0 rings (SSSR count). The molecule has 0 bridgehead atoms. The summed E-state index contributed by atoms with van der Waals surface area (Å²) in [6, 6.07) is 0.847. The van der Waals surface area contributed by atoms with Crippen LogP contribution in [0.2, 0.25) is 0 Å². The lowest BCUT2D eigenvalue weighted by Gasteiger charge is -2.23. The molecule has 0 aromatic rings. The first-order valence-corrected chi connectivity index (χ1v) is 4.57. The van der Waals surface area contributed by atoms with Gasteiger partial charge in [0, 0.05) is 25.2 Å². The molecule has 0 aliphatic rings. The zero-order valence-corrected chi connectivity index (χ0v) is 8.62. The van der Waals surface area contributed by atoms with E-state index in [1.54, 1.807) is 0 Å². The second-order valence-electron chi connectivity index (χ2n) is 3.48. The summed E-state index contributed by atoms with van der Waals surface area (Å²) >= 11 is 0. The fraction of sp³-hybridized carbons (Fsp3) is 0.889. The van der Waals surface area contributed by atoms with E-state index in [1.165, 1.54) is 0 Å². The van der Waals surface area contributed by atoms with E-state index in [2.05, 4.69) is 37.6 Å². The molecule has 0 radical (unpaired) electrons. The molecule has 0 heterocycles. The van der Waals surface area contributed by atoms with E-state index < -0.39 is 0 Å². The van der Waals surface area contributed by atoms with Crippen molar-refractivity contribution in [1.82, 2.24) is 4.90 Å². The van der Waals surface area contributed by atoms with Gasteiger partial charge in [-0.15, -0.1) is 0 Å². The van der Waals surface area contributed by atoms with E-state index in [4.69, 9.17) is 5.73 Å². The van der Waals surface area contributed by atoms with Gasteiger partial charge in [-0.3, -0.25) is 4.99 Å². The van der Waals surface area contributed by atoms with E-state index in [9.17, 15) is 0 Å². The Bertz CT molecular complexity index is 130. The zero-order chi connectivity index (χ0) is 9.56. The highest BCUT2D eigenvalue weighted by Crippen LogP contribution is 1.94. The molecule has 12 heavy (non-hydrogen) atoms. The van der Waals surface area contributed by atoms with Gasteiger partial charge in [0.1, 0.15) is 0 Å². The molecule has 72 valence electrons. The van der Waals surface area contributed by atoms with Crippen molar-refractivity contribution in [1.29, 1.82) is 0 Å². The van der Waals surface area contributed by atoms with Crippen molar-refractivity contribution in [3.05, 3.63) is 0 Å². The van der Waals surface area contributed by atoms with Gasteiger partial charge in [-0.05, 0) is 27.7 Å². The van der Waals surface area contributed by atoms with Crippen molar-refractivity contribution in [3.8, 4) is 0 Å². The summed E-state index contributed by atoms with van der Waals surface area (Å²) in [6.45, 7) is 9.98. The fourth-order valence-corrected chi connectivity index (χ4v) is 0.817. The average Bonchev–Trinajstić information content (AvgIpc) is 1.96. The second-order valence-corrected chi connectivity index (χ2v) is 3.48. The molecule has 0 saturated heterocycles. The van der Waals surface area contributed by atoms with Gasteiger partial charge in [0.25, 0.3) is 0 Å².